The van der Waals surface area contributed by atoms with Crippen LogP contribution in [0.15, 0.2) is 0 Å². The monoisotopic (exact) mass is 373 g/mol. The largest absolute Gasteiger partial charge is 0.511 e. The van der Waals surface area contributed by atoms with Gasteiger partial charge in [0.2, 0.25) is 0 Å². The first-order valence-electron chi connectivity index (χ1n) is 9.22. The van der Waals surface area contributed by atoms with E-state index < -0.39 is 21.6 Å². The maximum atomic E-state index is 12.8. The molecule has 0 saturated heterocycles. The van der Waals surface area contributed by atoms with Gasteiger partial charge < -0.3 is 0 Å². The average Bonchev–Trinajstić information content (AvgIpc) is 2.50. The van der Waals surface area contributed by atoms with Gasteiger partial charge in [-0.3, -0.25) is 0 Å². The van der Waals surface area contributed by atoms with Crippen LogP contribution in [0, 0.1) is 0 Å². The van der Waals surface area contributed by atoms with E-state index in [9.17, 15) is 21.6 Å². The van der Waals surface area contributed by atoms with Crippen molar-refractivity contribution in [2.24, 2.45) is 0 Å². The lowest BCUT2D eigenvalue weighted by atomic mass is 10.0. The maximum Gasteiger partial charge on any atom is 0.511 e. The Morgan fingerprint density at radius 1 is 0.792 bits per heavy atom. The molecule has 0 atom stereocenters. The van der Waals surface area contributed by atoms with Crippen LogP contribution in [0.1, 0.15) is 90.9 Å². The molecule has 0 rings (SSSR count). The summed E-state index contributed by atoms with van der Waals surface area (Å²) in [6.45, 7) is 4.20. The predicted octanol–water partition coefficient (Wildman–Crippen LogP) is 5.86. The molecule has 0 radical (unpaired) electrons. The van der Waals surface area contributed by atoms with E-state index in [1.165, 1.54) is 0 Å². The van der Waals surface area contributed by atoms with Crippen molar-refractivity contribution < 1.29 is 21.6 Å². The summed E-state index contributed by atoms with van der Waals surface area (Å²) in [6.07, 6.45) is 11.0. The Balaban J connectivity index is 4.65. The zero-order valence-electron chi connectivity index (χ0n) is 15.4. The quantitative estimate of drug-likeness (QED) is 0.358. The van der Waals surface area contributed by atoms with Gasteiger partial charge in [-0.25, -0.2) is 8.42 Å². The Morgan fingerprint density at radius 2 is 1.17 bits per heavy atom. The van der Waals surface area contributed by atoms with Crippen LogP contribution in [0.2, 0.25) is 0 Å². The van der Waals surface area contributed by atoms with E-state index in [-0.39, 0.29) is 0 Å². The van der Waals surface area contributed by atoms with Crippen molar-refractivity contribution in [1.82, 2.24) is 4.31 Å². The third-order valence-corrected chi connectivity index (χ3v) is 6.11. The van der Waals surface area contributed by atoms with Gasteiger partial charge in [0.1, 0.15) is 0 Å². The van der Waals surface area contributed by atoms with Crippen LogP contribution in [0.4, 0.5) is 13.2 Å². The lowest BCUT2D eigenvalue weighted by molar-refractivity contribution is -0.0494. The van der Waals surface area contributed by atoms with E-state index in [2.05, 4.69) is 13.8 Å². The highest BCUT2D eigenvalue weighted by molar-refractivity contribution is 7.89. The molecule has 0 unspecified atom stereocenters. The second kappa shape index (κ2) is 12.1. The fourth-order valence-electron chi connectivity index (χ4n) is 2.83. The summed E-state index contributed by atoms with van der Waals surface area (Å²) in [4.78, 5) is 0. The lowest BCUT2D eigenvalue weighted by Crippen LogP contribution is -2.44. The van der Waals surface area contributed by atoms with Gasteiger partial charge in [-0.2, -0.15) is 17.5 Å². The van der Waals surface area contributed by atoms with Crippen LogP contribution in [-0.2, 0) is 10.0 Å². The van der Waals surface area contributed by atoms with E-state index in [0.717, 1.165) is 71.3 Å². The Hall–Kier alpha value is -0.300. The standard InChI is InChI=1S/C17H34F3NO2S/c1-4-6-8-10-12-14-16(15-13-11-9-7-5-2)21(3)24(22,23)17(18,19)20/h16H,4-15H2,1-3H3. The molecule has 0 saturated carbocycles. The number of halogens is 3. The Bertz CT molecular complexity index is 397. The van der Waals surface area contributed by atoms with Crippen LogP contribution in [0.5, 0.6) is 0 Å². The third-order valence-electron chi connectivity index (χ3n) is 4.47. The molecule has 3 nitrogen and oxygen atoms in total. The van der Waals surface area contributed by atoms with Crippen molar-refractivity contribution in [2.45, 2.75) is 102 Å². The van der Waals surface area contributed by atoms with Gasteiger partial charge in [0, 0.05) is 13.1 Å². The smallest absolute Gasteiger partial charge is 0.203 e. The number of rotatable bonds is 14. The average molecular weight is 374 g/mol. The summed E-state index contributed by atoms with van der Waals surface area (Å²) in [5, 5.41) is 0. The summed E-state index contributed by atoms with van der Waals surface area (Å²) in [7, 11) is -4.16. The van der Waals surface area contributed by atoms with Crippen LogP contribution in [0.3, 0.4) is 0 Å². The molecule has 0 heterocycles. The van der Waals surface area contributed by atoms with Crippen molar-refractivity contribution in [3.05, 3.63) is 0 Å². The maximum absolute atomic E-state index is 12.8. The second-order valence-electron chi connectivity index (χ2n) is 6.53. The summed E-state index contributed by atoms with van der Waals surface area (Å²) < 4.78 is 62.3. The fraction of sp³-hybridized carbons (Fsp3) is 1.00. The molecule has 0 aromatic heterocycles. The molecule has 0 amide bonds. The van der Waals surface area contributed by atoms with E-state index in [1.54, 1.807) is 0 Å². The molecule has 7 heteroatoms. The van der Waals surface area contributed by atoms with Crippen LogP contribution >= 0.6 is 0 Å². The van der Waals surface area contributed by atoms with Crippen molar-refractivity contribution in [3.63, 3.8) is 0 Å². The number of hydrogen-bond donors (Lipinski definition) is 0. The normalized spacial score (nSPS) is 13.2. The number of sulfonamides is 1. The number of unbranched alkanes of at least 4 members (excludes halogenated alkanes) is 8. The van der Waals surface area contributed by atoms with Gasteiger partial charge in [0.15, 0.2) is 0 Å². The van der Waals surface area contributed by atoms with Crippen LogP contribution in [0.25, 0.3) is 0 Å². The molecule has 0 aliphatic carbocycles. The minimum Gasteiger partial charge on any atom is -0.203 e. The molecule has 0 fully saturated rings. The SMILES string of the molecule is CCCCCCCC(CCCCCCC)N(C)S(=O)(=O)C(F)(F)F. The van der Waals surface area contributed by atoms with Crippen LogP contribution < -0.4 is 0 Å². The van der Waals surface area contributed by atoms with E-state index in [4.69, 9.17) is 0 Å². The molecule has 0 N–H and O–H groups in total. The van der Waals surface area contributed by atoms with Crippen molar-refractivity contribution in [1.29, 1.82) is 0 Å². The van der Waals surface area contributed by atoms with Gasteiger partial charge >= 0.3 is 15.5 Å². The molecule has 0 aliphatic heterocycles. The topological polar surface area (TPSA) is 37.4 Å². The zero-order valence-corrected chi connectivity index (χ0v) is 16.2. The number of alkyl halides is 3. The minimum absolute atomic E-state index is 0.503. The Morgan fingerprint density at radius 3 is 1.50 bits per heavy atom. The van der Waals surface area contributed by atoms with Gasteiger partial charge in [-0.1, -0.05) is 78.1 Å². The summed E-state index contributed by atoms with van der Waals surface area (Å²) in [5.41, 5.74) is -5.22. The molecule has 0 spiro atoms. The molecule has 24 heavy (non-hydrogen) atoms. The minimum atomic E-state index is -5.24. The molecular weight excluding hydrogens is 339 g/mol. The van der Waals surface area contributed by atoms with E-state index >= 15 is 0 Å². The first kappa shape index (κ1) is 23.7. The molecule has 0 aromatic rings. The third kappa shape index (κ3) is 8.70. The molecular formula is C17H34F3NO2S. The fourth-order valence-corrected chi connectivity index (χ4v) is 3.76. The lowest BCUT2D eigenvalue weighted by Gasteiger charge is -2.28. The Kier molecular flexibility index (Phi) is 12.0. The molecule has 0 aromatic carbocycles. The zero-order chi connectivity index (χ0) is 18.6. The predicted molar refractivity (Wildman–Crippen MR) is 93.3 cm³/mol. The van der Waals surface area contributed by atoms with Crippen molar-refractivity contribution >= 4 is 10.0 Å². The first-order valence-corrected chi connectivity index (χ1v) is 10.7. The van der Waals surface area contributed by atoms with Gasteiger partial charge in [0.25, 0.3) is 0 Å². The molecule has 0 bridgehead atoms. The first-order chi connectivity index (χ1) is 11.2. The van der Waals surface area contributed by atoms with Gasteiger partial charge in [-0.05, 0) is 12.8 Å². The highest BCUT2D eigenvalue weighted by atomic mass is 32.2. The van der Waals surface area contributed by atoms with Crippen LogP contribution in [-0.4, -0.2) is 31.3 Å². The summed E-state index contributed by atoms with van der Waals surface area (Å²) in [5.74, 6) is 0. The van der Waals surface area contributed by atoms with Crippen molar-refractivity contribution in [3.8, 4) is 0 Å². The highest BCUT2D eigenvalue weighted by Gasteiger charge is 2.50. The highest BCUT2D eigenvalue weighted by Crippen LogP contribution is 2.30. The molecule has 146 valence electrons. The Labute approximate surface area is 146 Å². The molecule has 0 aliphatic rings. The number of hydrogen-bond acceptors (Lipinski definition) is 2. The summed E-state index contributed by atoms with van der Waals surface area (Å²) >= 11 is 0. The second-order valence-corrected chi connectivity index (χ2v) is 8.52. The van der Waals surface area contributed by atoms with E-state index in [0.29, 0.717) is 17.1 Å². The number of nitrogens with zero attached hydrogens (tertiary/aromatic N) is 1. The van der Waals surface area contributed by atoms with Gasteiger partial charge in [0.05, 0.1) is 0 Å². The summed E-state index contributed by atoms with van der Waals surface area (Å²) in [6, 6.07) is -0.556. The van der Waals surface area contributed by atoms with Crippen molar-refractivity contribution in [2.75, 3.05) is 7.05 Å². The van der Waals surface area contributed by atoms with Gasteiger partial charge in [-0.15, -0.1) is 0 Å². The van der Waals surface area contributed by atoms with E-state index in [1.807, 2.05) is 0 Å².